The number of rotatable bonds is 2. The molecule has 0 bridgehead atoms. The summed E-state index contributed by atoms with van der Waals surface area (Å²) in [4.78, 5) is 15.2. The first kappa shape index (κ1) is 10.1. The molecular formula is C11H13FN2O. The van der Waals surface area contributed by atoms with Crippen LogP contribution in [-0.2, 0) is 0 Å². The summed E-state index contributed by atoms with van der Waals surface area (Å²) < 4.78 is 12.8. The zero-order chi connectivity index (χ0) is 10.9. The molecular weight excluding hydrogens is 195 g/mol. The van der Waals surface area contributed by atoms with Crippen LogP contribution in [0.4, 0.5) is 4.39 Å². The predicted molar refractivity (Wildman–Crippen MR) is 53.9 cm³/mol. The summed E-state index contributed by atoms with van der Waals surface area (Å²) in [6, 6.07) is 4.22. The molecule has 1 saturated carbocycles. The summed E-state index contributed by atoms with van der Waals surface area (Å²) in [7, 11) is 0. The van der Waals surface area contributed by atoms with Crippen LogP contribution in [0.2, 0.25) is 0 Å². The molecule has 2 rings (SSSR count). The van der Waals surface area contributed by atoms with E-state index in [9.17, 15) is 9.18 Å². The van der Waals surface area contributed by atoms with E-state index in [1.54, 1.807) is 0 Å². The fraction of sp³-hybridized carbons (Fsp3) is 0.455. The van der Waals surface area contributed by atoms with Gasteiger partial charge in [0.15, 0.2) is 0 Å². The molecule has 4 heteroatoms. The van der Waals surface area contributed by atoms with Crippen molar-refractivity contribution in [3.05, 3.63) is 29.8 Å². The second-order valence-electron chi connectivity index (χ2n) is 4.21. The lowest BCUT2D eigenvalue weighted by Crippen LogP contribution is -2.51. The van der Waals surface area contributed by atoms with Crippen molar-refractivity contribution in [3.8, 4) is 0 Å². The van der Waals surface area contributed by atoms with Crippen molar-refractivity contribution < 1.29 is 9.18 Å². The standard InChI is InChI=1S/C11H13FN2O/c1-11(6-3-7-11)14-10(15)8-4-2-5-9(12)13-8/h2,4-5H,3,6-7H2,1H3,(H,14,15). The number of hydrogen-bond acceptors (Lipinski definition) is 2. The Kier molecular flexibility index (Phi) is 2.42. The van der Waals surface area contributed by atoms with Crippen LogP contribution in [0.5, 0.6) is 0 Å². The lowest BCUT2D eigenvalue weighted by molar-refractivity contribution is 0.0844. The molecule has 1 aliphatic rings. The molecule has 1 aliphatic carbocycles. The molecule has 1 aromatic rings. The third-order valence-electron chi connectivity index (χ3n) is 2.82. The first-order chi connectivity index (χ1) is 7.09. The van der Waals surface area contributed by atoms with Gasteiger partial charge in [0.25, 0.3) is 5.91 Å². The van der Waals surface area contributed by atoms with E-state index in [0.717, 1.165) is 19.3 Å². The second-order valence-corrected chi connectivity index (χ2v) is 4.21. The highest BCUT2D eigenvalue weighted by molar-refractivity contribution is 5.92. The summed E-state index contributed by atoms with van der Waals surface area (Å²) in [5, 5.41) is 2.87. The van der Waals surface area contributed by atoms with Crippen molar-refractivity contribution in [1.29, 1.82) is 0 Å². The quantitative estimate of drug-likeness (QED) is 0.754. The Morgan fingerprint density at radius 2 is 2.27 bits per heavy atom. The number of aromatic nitrogens is 1. The lowest BCUT2D eigenvalue weighted by atomic mass is 9.78. The number of pyridine rings is 1. The smallest absolute Gasteiger partial charge is 0.270 e. The van der Waals surface area contributed by atoms with Gasteiger partial charge in [-0.25, -0.2) is 4.98 Å². The zero-order valence-corrected chi connectivity index (χ0v) is 8.59. The average molecular weight is 208 g/mol. The third-order valence-corrected chi connectivity index (χ3v) is 2.82. The van der Waals surface area contributed by atoms with Gasteiger partial charge in [0.1, 0.15) is 5.69 Å². The average Bonchev–Trinajstić information content (AvgIpc) is 2.15. The monoisotopic (exact) mass is 208 g/mol. The Morgan fingerprint density at radius 1 is 1.53 bits per heavy atom. The number of nitrogens with zero attached hydrogens (tertiary/aromatic N) is 1. The summed E-state index contributed by atoms with van der Waals surface area (Å²) in [6.07, 6.45) is 3.09. The van der Waals surface area contributed by atoms with Gasteiger partial charge in [-0.2, -0.15) is 4.39 Å². The molecule has 1 N–H and O–H groups in total. The molecule has 0 aliphatic heterocycles. The van der Waals surface area contributed by atoms with Crippen molar-refractivity contribution in [2.45, 2.75) is 31.7 Å². The van der Waals surface area contributed by atoms with Crippen LogP contribution in [0.15, 0.2) is 18.2 Å². The van der Waals surface area contributed by atoms with E-state index in [4.69, 9.17) is 0 Å². The summed E-state index contributed by atoms with van der Waals surface area (Å²) in [5.41, 5.74) is 0.0218. The SMILES string of the molecule is CC1(NC(=O)c2cccc(F)n2)CCC1. The van der Waals surface area contributed by atoms with E-state index in [2.05, 4.69) is 10.3 Å². The van der Waals surface area contributed by atoms with Crippen LogP contribution in [0.3, 0.4) is 0 Å². The Balaban J connectivity index is 2.08. The predicted octanol–water partition coefficient (Wildman–Crippen LogP) is 1.89. The molecule has 0 unspecified atom stereocenters. The molecule has 1 amide bonds. The largest absolute Gasteiger partial charge is 0.346 e. The molecule has 0 atom stereocenters. The second kappa shape index (κ2) is 3.61. The van der Waals surface area contributed by atoms with Crippen LogP contribution < -0.4 is 5.32 Å². The molecule has 3 nitrogen and oxygen atoms in total. The van der Waals surface area contributed by atoms with Crippen molar-refractivity contribution in [2.75, 3.05) is 0 Å². The third kappa shape index (κ3) is 2.14. The summed E-state index contributed by atoms with van der Waals surface area (Å²) >= 11 is 0. The minimum Gasteiger partial charge on any atom is -0.346 e. The number of carbonyl (C=O) groups is 1. The molecule has 0 aromatic carbocycles. The van der Waals surface area contributed by atoms with E-state index in [-0.39, 0.29) is 17.1 Å². The fourth-order valence-electron chi connectivity index (χ4n) is 1.70. The van der Waals surface area contributed by atoms with Gasteiger partial charge < -0.3 is 5.32 Å². The maximum atomic E-state index is 12.8. The Hall–Kier alpha value is -1.45. The molecule has 0 saturated heterocycles. The Morgan fingerprint density at radius 3 is 2.80 bits per heavy atom. The van der Waals surface area contributed by atoms with Crippen LogP contribution in [0.25, 0.3) is 0 Å². The van der Waals surface area contributed by atoms with Crippen LogP contribution >= 0.6 is 0 Å². The first-order valence-corrected chi connectivity index (χ1v) is 5.04. The van der Waals surface area contributed by atoms with E-state index in [0.29, 0.717) is 0 Å². The summed E-state index contributed by atoms with van der Waals surface area (Å²) in [5.74, 6) is -0.918. The number of amides is 1. The van der Waals surface area contributed by atoms with Crippen molar-refractivity contribution in [1.82, 2.24) is 10.3 Å². The molecule has 0 radical (unpaired) electrons. The lowest BCUT2D eigenvalue weighted by Gasteiger charge is -2.38. The number of carbonyl (C=O) groups excluding carboxylic acids is 1. The van der Waals surface area contributed by atoms with Gasteiger partial charge in [-0.3, -0.25) is 4.79 Å². The van der Waals surface area contributed by atoms with Crippen molar-refractivity contribution in [2.24, 2.45) is 0 Å². The van der Waals surface area contributed by atoms with Gasteiger partial charge in [-0.05, 0) is 38.3 Å². The highest BCUT2D eigenvalue weighted by atomic mass is 19.1. The van der Waals surface area contributed by atoms with Crippen LogP contribution in [-0.4, -0.2) is 16.4 Å². The molecule has 0 spiro atoms. The van der Waals surface area contributed by atoms with E-state index in [1.807, 2.05) is 6.92 Å². The van der Waals surface area contributed by atoms with Gasteiger partial charge >= 0.3 is 0 Å². The highest BCUT2D eigenvalue weighted by Crippen LogP contribution is 2.31. The minimum atomic E-state index is -0.624. The van der Waals surface area contributed by atoms with Gasteiger partial charge in [0.05, 0.1) is 0 Å². The molecule has 1 aromatic heterocycles. The van der Waals surface area contributed by atoms with Crippen molar-refractivity contribution >= 4 is 5.91 Å². The molecule has 1 fully saturated rings. The highest BCUT2D eigenvalue weighted by Gasteiger charge is 2.33. The molecule has 1 heterocycles. The fourth-order valence-corrected chi connectivity index (χ4v) is 1.70. The normalized spacial score (nSPS) is 18.0. The zero-order valence-electron chi connectivity index (χ0n) is 8.59. The van der Waals surface area contributed by atoms with Crippen LogP contribution in [0.1, 0.15) is 36.7 Å². The maximum Gasteiger partial charge on any atom is 0.270 e. The van der Waals surface area contributed by atoms with E-state index in [1.165, 1.54) is 18.2 Å². The number of hydrogen-bond donors (Lipinski definition) is 1. The van der Waals surface area contributed by atoms with Gasteiger partial charge in [0.2, 0.25) is 5.95 Å². The topological polar surface area (TPSA) is 42.0 Å². The van der Waals surface area contributed by atoms with Crippen molar-refractivity contribution in [3.63, 3.8) is 0 Å². The van der Waals surface area contributed by atoms with Gasteiger partial charge in [-0.1, -0.05) is 6.07 Å². The van der Waals surface area contributed by atoms with E-state index >= 15 is 0 Å². The maximum absolute atomic E-state index is 12.8. The summed E-state index contributed by atoms with van der Waals surface area (Å²) in [6.45, 7) is 1.99. The Bertz CT molecular complexity index is 388. The van der Waals surface area contributed by atoms with E-state index < -0.39 is 5.95 Å². The van der Waals surface area contributed by atoms with Gasteiger partial charge in [-0.15, -0.1) is 0 Å². The first-order valence-electron chi connectivity index (χ1n) is 5.04. The number of halogens is 1. The Labute approximate surface area is 87.7 Å². The van der Waals surface area contributed by atoms with Crippen LogP contribution in [0, 0.1) is 5.95 Å². The molecule has 15 heavy (non-hydrogen) atoms. The van der Waals surface area contributed by atoms with Gasteiger partial charge in [0, 0.05) is 5.54 Å². The minimum absolute atomic E-state index is 0.120. The number of nitrogens with one attached hydrogen (secondary N) is 1. The molecule has 80 valence electrons.